The van der Waals surface area contributed by atoms with Crippen LogP contribution < -0.4 is 5.32 Å². The third-order valence-electron chi connectivity index (χ3n) is 2.74. The molecule has 0 unspecified atom stereocenters. The van der Waals surface area contributed by atoms with Crippen molar-refractivity contribution >= 4 is 11.6 Å². The molecule has 2 heteroatoms. The number of anilines is 1. The zero-order chi connectivity index (χ0) is 12.0. The Labute approximate surface area is 98.1 Å². The molecule has 0 spiro atoms. The number of hydrogen-bond acceptors (Lipinski definition) is 1. The Morgan fingerprint density at radius 3 is 2.75 bits per heavy atom. The van der Waals surface area contributed by atoms with E-state index in [2.05, 4.69) is 11.4 Å². The molecule has 0 aliphatic heterocycles. The first-order chi connectivity index (χ1) is 7.81. The van der Waals surface area contributed by atoms with Crippen LogP contribution in [0.2, 0.25) is 0 Å². The zero-order valence-corrected chi connectivity index (χ0v) is 10.5. The number of nitrogens with one attached hydrogen (secondary N) is 1. The summed E-state index contributed by atoms with van der Waals surface area (Å²) in [7, 11) is 0. The molecule has 1 amide bonds. The molecular weight excluding hydrogens is 198 g/mol. The Kier molecular flexibility index (Phi) is 5.03. The maximum Gasteiger partial charge on any atom is 0.224 e. The van der Waals surface area contributed by atoms with Crippen LogP contribution in [0.15, 0.2) is 18.2 Å². The lowest BCUT2D eigenvalue weighted by Gasteiger charge is -2.08. The van der Waals surface area contributed by atoms with E-state index in [1.165, 1.54) is 17.5 Å². The number of carbonyl (C=O) groups excluding carboxylic acids is 1. The van der Waals surface area contributed by atoms with Gasteiger partial charge in [-0.3, -0.25) is 4.79 Å². The summed E-state index contributed by atoms with van der Waals surface area (Å²) < 4.78 is 0. The normalized spacial score (nSPS) is 12.4. The quantitative estimate of drug-likeness (QED) is 0.809. The van der Waals surface area contributed by atoms with Crippen LogP contribution in [0.1, 0.15) is 44.7 Å². The lowest BCUT2D eigenvalue weighted by Crippen LogP contribution is -2.11. The summed E-state index contributed by atoms with van der Waals surface area (Å²) >= 11 is 0. The van der Waals surface area contributed by atoms with Crippen molar-refractivity contribution in [1.82, 2.24) is 0 Å². The van der Waals surface area contributed by atoms with Gasteiger partial charge in [-0.1, -0.05) is 32.9 Å². The minimum absolute atomic E-state index is 0.102. The van der Waals surface area contributed by atoms with E-state index in [9.17, 15) is 4.79 Å². The van der Waals surface area contributed by atoms with Gasteiger partial charge in [0, 0.05) is 12.1 Å². The van der Waals surface area contributed by atoms with Gasteiger partial charge >= 0.3 is 0 Å². The van der Waals surface area contributed by atoms with E-state index < -0.39 is 0 Å². The molecule has 1 aromatic rings. The predicted molar refractivity (Wildman–Crippen MR) is 68.7 cm³/mol. The fourth-order valence-corrected chi connectivity index (χ4v) is 1.98. The summed E-state index contributed by atoms with van der Waals surface area (Å²) in [4.78, 5) is 11.3. The zero-order valence-electron chi connectivity index (χ0n) is 10.5. The van der Waals surface area contributed by atoms with Crippen molar-refractivity contribution in [2.75, 3.05) is 5.32 Å². The minimum atomic E-state index is 0.102. The van der Waals surface area contributed by atoms with Gasteiger partial charge in [-0.05, 0) is 36.5 Å². The van der Waals surface area contributed by atoms with Crippen LogP contribution in [0.3, 0.4) is 0 Å². The number of fused-ring (bicyclic) bond motifs is 1. The Hall–Kier alpha value is -1.31. The number of amides is 1. The third-order valence-corrected chi connectivity index (χ3v) is 2.74. The van der Waals surface area contributed by atoms with Crippen molar-refractivity contribution in [3.8, 4) is 0 Å². The highest BCUT2D eigenvalue weighted by atomic mass is 16.1. The molecule has 1 aliphatic carbocycles. The van der Waals surface area contributed by atoms with Crippen LogP contribution in [-0.4, -0.2) is 5.91 Å². The molecule has 88 valence electrons. The van der Waals surface area contributed by atoms with Crippen LogP contribution in [0.25, 0.3) is 0 Å². The van der Waals surface area contributed by atoms with E-state index in [1.807, 2.05) is 32.9 Å². The van der Waals surface area contributed by atoms with Gasteiger partial charge in [0.2, 0.25) is 5.91 Å². The van der Waals surface area contributed by atoms with E-state index in [-0.39, 0.29) is 5.91 Å². The van der Waals surface area contributed by atoms with Crippen LogP contribution in [0.4, 0.5) is 5.69 Å². The molecule has 0 heterocycles. The highest BCUT2D eigenvalue weighted by molar-refractivity contribution is 5.91. The topological polar surface area (TPSA) is 29.1 Å². The highest BCUT2D eigenvalue weighted by Gasteiger charge is 2.14. The molecule has 1 aromatic carbocycles. The molecule has 2 nitrogen and oxygen atoms in total. The molecular formula is C14H21NO. The summed E-state index contributed by atoms with van der Waals surface area (Å²) in [5, 5.41) is 2.95. The summed E-state index contributed by atoms with van der Waals surface area (Å²) in [6.45, 7) is 5.87. The Morgan fingerprint density at radius 2 is 2.06 bits per heavy atom. The summed E-state index contributed by atoms with van der Waals surface area (Å²) in [5.74, 6) is 0.102. The van der Waals surface area contributed by atoms with Gasteiger partial charge in [-0.2, -0.15) is 0 Å². The fourth-order valence-electron chi connectivity index (χ4n) is 1.98. The standard InChI is InChI=1S/C12H15NO.C2H6/c1-2-12(14)13-11-8-4-6-9-5-3-7-10(9)11;1-2/h4,6,8H,2-3,5,7H2,1H3,(H,13,14);1-2H3. The van der Waals surface area contributed by atoms with E-state index in [1.54, 1.807) is 0 Å². The maximum atomic E-state index is 11.3. The van der Waals surface area contributed by atoms with Crippen molar-refractivity contribution in [2.24, 2.45) is 0 Å². The summed E-state index contributed by atoms with van der Waals surface area (Å²) in [6.07, 6.45) is 4.03. The predicted octanol–water partition coefficient (Wildman–Crippen LogP) is 3.55. The number of hydrogen-bond donors (Lipinski definition) is 1. The van der Waals surface area contributed by atoms with Gasteiger partial charge in [0.05, 0.1) is 0 Å². The smallest absolute Gasteiger partial charge is 0.224 e. The minimum Gasteiger partial charge on any atom is -0.326 e. The maximum absolute atomic E-state index is 11.3. The highest BCUT2D eigenvalue weighted by Crippen LogP contribution is 2.28. The molecule has 0 saturated heterocycles. The molecule has 0 atom stereocenters. The lowest BCUT2D eigenvalue weighted by molar-refractivity contribution is -0.115. The molecule has 16 heavy (non-hydrogen) atoms. The Bertz CT molecular complexity index is 358. The van der Waals surface area contributed by atoms with Gasteiger partial charge in [0.1, 0.15) is 0 Å². The third kappa shape index (κ3) is 2.84. The van der Waals surface area contributed by atoms with E-state index in [0.29, 0.717) is 6.42 Å². The SMILES string of the molecule is CC.CCC(=O)Nc1cccc2c1CCC2. The molecule has 0 aromatic heterocycles. The van der Waals surface area contributed by atoms with Crippen molar-refractivity contribution in [3.63, 3.8) is 0 Å². The van der Waals surface area contributed by atoms with Crippen molar-refractivity contribution in [3.05, 3.63) is 29.3 Å². The number of rotatable bonds is 2. The first-order valence-electron chi connectivity index (χ1n) is 6.22. The number of benzene rings is 1. The second-order valence-corrected chi connectivity index (χ2v) is 3.70. The average molecular weight is 219 g/mol. The summed E-state index contributed by atoms with van der Waals surface area (Å²) in [5.41, 5.74) is 3.76. The van der Waals surface area contributed by atoms with E-state index in [0.717, 1.165) is 18.5 Å². The molecule has 0 radical (unpaired) electrons. The number of aryl methyl sites for hydroxylation is 1. The van der Waals surface area contributed by atoms with Crippen molar-refractivity contribution in [1.29, 1.82) is 0 Å². The van der Waals surface area contributed by atoms with E-state index in [4.69, 9.17) is 0 Å². The van der Waals surface area contributed by atoms with Crippen LogP contribution in [0.5, 0.6) is 0 Å². The average Bonchev–Trinajstić information content (AvgIpc) is 2.81. The monoisotopic (exact) mass is 219 g/mol. The van der Waals surface area contributed by atoms with Crippen LogP contribution in [-0.2, 0) is 17.6 Å². The largest absolute Gasteiger partial charge is 0.326 e. The summed E-state index contributed by atoms with van der Waals surface area (Å²) in [6, 6.07) is 6.18. The van der Waals surface area contributed by atoms with Gasteiger partial charge in [-0.15, -0.1) is 0 Å². The first kappa shape index (κ1) is 12.8. The lowest BCUT2D eigenvalue weighted by atomic mass is 10.1. The fraction of sp³-hybridized carbons (Fsp3) is 0.500. The Balaban J connectivity index is 0.000000606. The van der Waals surface area contributed by atoms with E-state index >= 15 is 0 Å². The van der Waals surface area contributed by atoms with Gasteiger partial charge in [-0.25, -0.2) is 0 Å². The van der Waals surface area contributed by atoms with Gasteiger partial charge in [0.15, 0.2) is 0 Å². The Morgan fingerprint density at radius 1 is 1.31 bits per heavy atom. The molecule has 1 N–H and O–H groups in total. The molecule has 1 aliphatic rings. The molecule has 2 rings (SSSR count). The van der Waals surface area contributed by atoms with Crippen molar-refractivity contribution < 1.29 is 4.79 Å². The molecule has 0 bridgehead atoms. The second-order valence-electron chi connectivity index (χ2n) is 3.70. The van der Waals surface area contributed by atoms with Crippen molar-refractivity contribution in [2.45, 2.75) is 46.5 Å². The van der Waals surface area contributed by atoms with Gasteiger partial charge in [0.25, 0.3) is 0 Å². The molecule has 0 saturated carbocycles. The van der Waals surface area contributed by atoms with Crippen LogP contribution in [0, 0.1) is 0 Å². The first-order valence-corrected chi connectivity index (χ1v) is 6.22. The number of carbonyl (C=O) groups is 1. The van der Waals surface area contributed by atoms with Gasteiger partial charge < -0.3 is 5.32 Å². The van der Waals surface area contributed by atoms with Crippen LogP contribution >= 0.6 is 0 Å². The molecule has 0 fully saturated rings. The second kappa shape index (κ2) is 6.31.